The molecule has 2 aliphatic heterocycles. The fourth-order valence-electron chi connectivity index (χ4n) is 2.27. The molecule has 0 aromatic rings. The molecule has 2 unspecified atom stereocenters. The van der Waals surface area contributed by atoms with Gasteiger partial charge >= 0.3 is 0 Å². The fourth-order valence-corrected chi connectivity index (χ4v) is 5.47. The van der Waals surface area contributed by atoms with Gasteiger partial charge in [-0.05, 0) is 37.4 Å². The van der Waals surface area contributed by atoms with Crippen molar-refractivity contribution < 1.29 is 8.42 Å². The third kappa shape index (κ3) is 2.66. The Balaban J connectivity index is 1.96. The van der Waals surface area contributed by atoms with E-state index in [9.17, 15) is 8.42 Å². The molecule has 2 heterocycles. The van der Waals surface area contributed by atoms with Crippen LogP contribution in [0.3, 0.4) is 0 Å². The van der Waals surface area contributed by atoms with Gasteiger partial charge in [0.05, 0.1) is 11.5 Å². The molecule has 14 heavy (non-hydrogen) atoms. The van der Waals surface area contributed by atoms with E-state index in [-0.39, 0.29) is 0 Å². The average Bonchev–Trinajstić information content (AvgIpc) is 2.18. The predicted octanol–water partition coefficient (Wildman–Crippen LogP) is 1.91. The summed E-state index contributed by atoms with van der Waals surface area (Å²) in [6.45, 7) is 0. The molecule has 2 rings (SSSR count). The van der Waals surface area contributed by atoms with Gasteiger partial charge in [0.15, 0.2) is 9.84 Å². The van der Waals surface area contributed by atoms with E-state index in [0.29, 0.717) is 22.7 Å². The minimum atomic E-state index is -2.73. The van der Waals surface area contributed by atoms with Gasteiger partial charge in [0, 0.05) is 5.25 Å². The highest BCUT2D eigenvalue weighted by Crippen LogP contribution is 2.35. The molecule has 0 saturated carbocycles. The molecule has 0 spiro atoms. The predicted molar refractivity (Wildman–Crippen MR) is 61.2 cm³/mol. The largest absolute Gasteiger partial charge is 0.229 e. The number of thioether (sulfide) groups is 1. The van der Waals surface area contributed by atoms with Gasteiger partial charge in [-0.3, -0.25) is 0 Å². The number of sulfone groups is 1. The van der Waals surface area contributed by atoms with Gasteiger partial charge in [-0.2, -0.15) is 11.8 Å². The molecule has 0 N–H and O–H groups in total. The first-order valence-corrected chi connectivity index (χ1v) is 8.20. The van der Waals surface area contributed by atoms with E-state index in [1.165, 1.54) is 25.0 Å². The van der Waals surface area contributed by atoms with E-state index in [4.69, 9.17) is 0 Å². The summed E-state index contributed by atoms with van der Waals surface area (Å²) in [5, 5.41) is 0.582. The standard InChI is InChI=1S/C10H17O2S2/c11-14(12)7-3-4-9(8-14)10-5-1-2-6-13-10/h4,9-10H,1-3,5-8H2. The summed E-state index contributed by atoms with van der Waals surface area (Å²) in [6.07, 6.45) is 6.80. The van der Waals surface area contributed by atoms with Crippen molar-refractivity contribution in [3.63, 3.8) is 0 Å². The molecular formula is C10H17O2S2. The third-order valence-electron chi connectivity index (χ3n) is 3.04. The van der Waals surface area contributed by atoms with Gasteiger partial charge in [0.25, 0.3) is 0 Å². The van der Waals surface area contributed by atoms with E-state index in [1.807, 2.05) is 11.8 Å². The van der Waals surface area contributed by atoms with Crippen LogP contribution in [0.25, 0.3) is 0 Å². The lowest BCUT2D eigenvalue weighted by Gasteiger charge is -2.31. The molecule has 2 saturated heterocycles. The summed E-state index contributed by atoms with van der Waals surface area (Å²) in [7, 11) is -2.73. The van der Waals surface area contributed by atoms with Crippen LogP contribution in [0.5, 0.6) is 0 Å². The molecule has 0 aromatic heterocycles. The lowest BCUT2D eigenvalue weighted by molar-refractivity contribution is 0.512. The first-order chi connectivity index (χ1) is 6.67. The van der Waals surface area contributed by atoms with Crippen LogP contribution in [0.4, 0.5) is 0 Å². The van der Waals surface area contributed by atoms with Crippen LogP contribution < -0.4 is 0 Å². The topological polar surface area (TPSA) is 34.1 Å². The minimum Gasteiger partial charge on any atom is -0.229 e. The fraction of sp³-hybridized carbons (Fsp3) is 0.900. The summed E-state index contributed by atoms with van der Waals surface area (Å²) in [6, 6.07) is 0. The zero-order chi connectivity index (χ0) is 10.0. The normalized spacial score (nSPS) is 38.0. The number of hydrogen-bond acceptors (Lipinski definition) is 3. The second-order valence-corrected chi connectivity index (χ2v) is 7.78. The zero-order valence-electron chi connectivity index (χ0n) is 8.31. The summed E-state index contributed by atoms with van der Waals surface area (Å²) < 4.78 is 22.9. The molecular weight excluding hydrogens is 216 g/mol. The molecule has 0 bridgehead atoms. The Kier molecular flexibility index (Phi) is 3.42. The van der Waals surface area contributed by atoms with Gasteiger partial charge in [-0.25, -0.2) is 8.42 Å². The summed E-state index contributed by atoms with van der Waals surface area (Å²) in [5.74, 6) is 2.33. The summed E-state index contributed by atoms with van der Waals surface area (Å²) in [4.78, 5) is 0. The van der Waals surface area contributed by atoms with Crippen LogP contribution >= 0.6 is 11.8 Å². The number of hydrogen-bond donors (Lipinski definition) is 0. The van der Waals surface area contributed by atoms with Crippen LogP contribution in [0.15, 0.2) is 0 Å². The van der Waals surface area contributed by atoms with E-state index < -0.39 is 9.84 Å². The van der Waals surface area contributed by atoms with Crippen molar-refractivity contribution in [1.82, 2.24) is 0 Å². The van der Waals surface area contributed by atoms with Gasteiger partial charge < -0.3 is 0 Å². The Morgan fingerprint density at radius 2 is 2.14 bits per heavy atom. The maximum absolute atomic E-state index is 11.5. The third-order valence-corrected chi connectivity index (χ3v) is 6.33. The maximum Gasteiger partial charge on any atom is 0.150 e. The van der Waals surface area contributed by atoms with Crippen molar-refractivity contribution in [2.75, 3.05) is 17.3 Å². The Morgan fingerprint density at radius 1 is 1.29 bits per heavy atom. The zero-order valence-corrected chi connectivity index (χ0v) is 9.95. The smallest absolute Gasteiger partial charge is 0.150 e. The van der Waals surface area contributed by atoms with Gasteiger partial charge in [-0.15, -0.1) is 0 Å². The quantitative estimate of drug-likeness (QED) is 0.694. The molecule has 81 valence electrons. The van der Waals surface area contributed by atoms with Crippen molar-refractivity contribution in [3.8, 4) is 0 Å². The van der Waals surface area contributed by atoms with Crippen molar-refractivity contribution in [2.45, 2.75) is 30.9 Å². The highest BCUT2D eigenvalue weighted by Gasteiger charge is 2.31. The second kappa shape index (κ2) is 4.44. The Bertz CT molecular complexity index is 278. The molecule has 2 atom stereocenters. The van der Waals surface area contributed by atoms with E-state index in [0.717, 1.165) is 6.42 Å². The Morgan fingerprint density at radius 3 is 2.79 bits per heavy atom. The van der Waals surface area contributed by atoms with Crippen LogP contribution in [0.2, 0.25) is 0 Å². The highest BCUT2D eigenvalue weighted by atomic mass is 32.2. The Labute approximate surface area is 90.8 Å². The molecule has 2 aliphatic rings. The molecule has 4 heteroatoms. The molecule has 0 amide bonds. The number of rotatable bonds is 1. The van der Waals surface area contributed by atoms with Crippen LogP contribution in [-0.4, -0.2) is 30.9 Å². The summed E-state index contributed by atoms with van der Waals surface area (Å²) in [5.41, 5.74) is 0. The first kappa shape index (κ1) is 10.8. The van der Waals surface area contributed by atoms with Crippen molar-refractivity contribution in [1.29, 1.82) is 0 Å². The lowest BCUT2D eigenvalue weighted by Crippen LogP contribution is -2.33. The maximum atomic E-state index is 11.5. The van der Waals surface area contributed by atoms with E-state index in [2.05, 4.69) is 6.42 Å². The second-order valence-electron chi connectivity index (χ2n) is 4.21. The molecule has 0 aliphatic carbocycles. The average molecular weight is 233 g/mol. The molecule has 2 fully saturated rings. The van der Waals surface area contributed by atoms with Crippen molar-refractivity contribution >= 4 is 21.6 Å². The molecule has 0 aromatic carbocycles. The Hall–Kier alpha value is 0.300. The van der Waals surface area contributed by atoms with Crippen LogP contribution in [0, 0.1) is 12.3 Å². The van der Waals surface area contributed by atoms with Gasteiger partial charge in [0.1, 0.15) is 0 Å². The minimum absolute atomic E-state index is 0.332. The van der Waals surface area contributed by atoms with Crippen molar-refractivity contribution in [2.24, 2.45) is 5.92 Å². The SMILES string of the molecule is O=S1(=O)CC[CH]C(C2CCCCS2)C1. The van der Waals surface area contributed by atoms with Gasteiger partial charge in [-0.1, -0.05) is 6.42 Å². The highest BCUT2D eigenvalue weighted by molar-refractivity contribution is 8.00. The van der Waals surface area contributed by atoms with Crippen LogP contribution in [-0.2, 0) is 9.84 Å². The monoisotopic (exact) mass is 233 g/mol. The van der Waals surface area contributed by atoms with Crippen LogP contribution in [0.1, 0.15) is 25.7 Å². The van der Waals surface area contributed by atoms with E-state index >= 15 is 0 Å². The van der Waals surface area contributed by atoms with Gasteiger partial charge in [0.2, 0.25) is 0 Å². The van der Waals surface area contributed by atoms with E-state index in [1.54, 1.807) is 0 Å². The molecule has 1 radical (unpaired) electrons. The van der Waals surface area contributed by atoms with Crippen molar-refractivity contribution in [3.05, 3.63) is 6.42 Å². The summed E-state index contributed by atoms with van der Waals surface area (Å²) >= 11 is 1.97. The first-order valence-electron chi connectivity index (χ1n) is 5.33. The molecule has 2 nitrogen and oxygen atoms in total. The lowest BCUT2D eigenvalue weighted by atomic mass is 9.97.